The summed E-state index contributed by atoms with van der Waals surface area (Å²) in [4.78, 5) is 2.42. The van der Waals surface area contributed by atoms with Gasteiger partial charge in [-0.1, -0.05) is 294 Å². The summed E-state index contributed by atoms with van der Waals surface area (Å²) in [6.07, 6.45) is 0. The Morgan fingerprint density at radius 1 is 0.247 bits per heavy atom. The molecule has 0 unspecified atom stereocenters. The Balaban J connectivity index is 0.000000123. The van der Waals surface area contributed by atoms with Crippen molar-refractivity contribution >= 4 is 105 Å². The summed E-state index contributed by atoms with van der Waals surface area (Å²) in [5, 5.41) is 19.6. The van der Waals surface area contributed by atoms with E-state index in [0.29, 0.717) is 0 Å². The van der Waals surface area contributed by atoms with Gasteiger partial charge in [0.1, 0.15) is 0 Å². The lowest BCUT2D eigenvalue weighted by Crippen LogP contribution is -2.15. The Kier molecular flexibility index (Phi) is 14.3. The average molecular weight is 1210 g/mol. The van der Waals surface area contributed by atoms with Gasteiger partial charge in [-0.3, -0.25) is 0 Å². The van der Waals surface area contributed by atoms with Gasteiger partial charge < -0.3 is 10.2 Å². The molecule has 0 saturated carbocycles. The van der Waals surface area contributed by atoms with Crippen LogP contribution in [0, 0.1) is 0 Å². The number of hydrogen-bond donors (Lipinski definition) is 1. The van der Waals surface area contributed by atoms with Crippen LogP contribution in [-0.2, 0) is 10.8 Å². The molecule has 0 radical (unpaired) electrons. The molecule has 0 aromatic heterocycles. The highest BCUT2D eigenvalue weighted by molar-refractivity contribution is 6.32. The van der Waals surface area contributed by atoms with Crippen molar-refractivity contribution in [3.8, 4) is 44.5 Å². The third-order valence-corrected chi connectivity index (χ3v) is 19.8. The third-order valence-electron chi connectivity index (χ3n) is 19.6. The lowest BCUT2D eigenvalue weighted by molar-refractivity contribution is 0.660. The third kappa shape index (κ3) is 10.3. The van der Waals surface area contributed by atoms with Crippen molar-refractivity contribution < 1.29 is 0 Å². The number of nitrogens with one attached hydrogen (secondary N) is 1. The first kappa shape index (κ1) is 57.2. The number of hydrogen-bond acceptors (Lipinski definition) is 2. The topological polar surface area (TPSA) is 15.3 Å². The molecule has 3 heteroatoms. The normalized spacial score (nSPS) is 13.0. The molecule has 1 N–H and O–H groups in total. The van der Waals surface area contributed by atoms with Gasteiger partial charge in [0.2, 0.25) is 0 Å². The molecular weight excluding hydrogens is 1140 g/mol. The van der Waals surface area contributed by atoms with Crippen LogP contribution in [-0.4, -0.2) is 0 Å². The molecule has 16 aromatic rings. The Hall–Kier alpha value is -11.0. The van der Waals surface area contributed by atoms with E-state index in [9.17, 15) is 0 Å². The van der Waals surface area contributed by atoms with Crippen LogP contribution in [0.3, 0.4) is 0 Å². The summed E-state index contributed by atoms with van der Waals surface area (Å²) < 4.78 is 0. The highest BCUT2D eigenvalue weighted by Gasteiger charge is 2.37. The summed E-state index contributed by atoms with van der Waals surface area (Å²) in [5.74, 6) is 0. The molecule has 16 aromatic carbocycles. The van der Waals surface area contributed by atoms with Crippen molar-refractivity contribution in [2.24, 2.45) is 0 Å². The van der Waals surface area contributed by atoms with E-state index in [4.69, 9.17) is 11.6 Å². The van der Waals surface area contributed by atoms with Gasteiger partial charge >= 0.3 is 0 Å². The largest absolute Gasteiger partial charge is 0.356 e. The van der Waals surface area contributed by atoms with Gasteiger partial charge in [0.05, 0.1) is 0 Å². The molecule has 0 bridgehead atoms. The van der Waals surface area contributed by atoms with E-state index in [1.54, 1.807) is 0 Å². The SMILES string of the molecule is CC1(C)c2ccccc2-c2cc(N(c3ccc(-c4ccccc4)cc3)c3ccc4ccc5c6ccccc6ccc5c4c3)ccc21.CC1(C)c2ccccc2-c2cc(Nc3ccc(-c4ccccc4)cc3)ccc21.Clc1ccc2c(ccc3c4ccccc4ccc23)c1. The Morgan fingerprint density at radius 3 is 1.20 bits per heavy atom. The fraction of sp³-hybridized carbons (Fsp3) is 0.0667. The van der Waals surface area contributed by atoms with Crippen LogP contribution in [0.2, 0.25) is 5.02 Å². The van der Waals surface area contributed by atoms with E-state index in [2.05, 4.69) is 347 Å². The predicted molar refractivity (Wildman–Crippen MR) is 400 cm³/mol. The fourth-order valence-corrected chi connectivity index (χ4v) is 15.0. The molecule has 2 nitrogen and oxygen atoms in total. The molecule has 18 rings (SSSR count). The quantitative estimate of drug-likeness (QED) is 0.160. The lowest BCUT2D eigenvalue weighted by Gasteiger charge is -2.28. The monoisotopic (exact) mass is 1210 g/mol. The van der Waals surface area contributed by atoms with Gasteiger partial charge in [-0.25, -0.2) is 0 Å². The van der Waals surface area contributed by atoms with Crippen molar-refractivity contribution in [3.05, 3.63) is 355 Å². The van der Waals surface area contributed by atoms with Gasteiger partial charge in [0.15, 0.2) is 0 Å². The van der Waals surface area contributed by atoms with Gasteiger partial charge in [-0.05, 0) is 204 Å². The summed E-state index contributed by atoms with van der Waals surface area (Å²) >= 11 is 6.06. The summed E-state index contributed by atoms with van der Waals surface area (Å²) in [5.41, 5.74) is 21.5. The zero-order chi connectivity index (χ0) is 62.8. The number of benzene rings is 16. The Labute approximate surface area is 549 Å². The van der Waals surface area contributed by atoms with E-state index in [-0.39, 0.29) is 10.8 Å². The van der Waals surface area contributed by atoms with Crippen molar-refractivity contribution in [1.82, 2.24) is 0 Å². The maximum atomic E-state index is 6.06. The second-order valence-corrected chi connectivity index (χ2v) is 26.3. The van der Waals surface area contributed by atoms with Gasteiger partial charge in [-0.2, -0.15) is 0 Å². The predicted octanol–water partition coefficient (Wildman–Crippen LogP) is 25.8. The second-order valence-electron chi connectivity index (χ2n) is 25.8. The molecule has 0 saturated heterocycles. The minimum absolute atomic E-state index is 0.0305. The number of halogens is 1. The van der Waals surface area contributed by atoms with Gasteiger partial charge in [0, 0.05) is 44.3 Å². The minimum atomic E-state index is -0.0305. The summed E-state index contributed by atoms with van der Waals surface area (Å²) in [6, 6.07) is 118. The second kappa shape index (κ2) is 23.3. The molecule has 444 valence electrons. The minimum Gasteiger partial charge on any atom is -0.356 e. The molecule has 0 amide bonds. The Morgan fingerprint density at radius 2 is 0.624 bits per heavy atom. The van der Waals surface area contributed by atoms with Crippen LogP contribution in [0.4, 0.5) is 28.4 Å². The molecule has 0 fully saturated rings. The smallest absolute Gasteiger partial charge is 0.0468 e. The van der Waals surface area contributed by atoms with Crippen LogP contribution in [0.5, 0.6) is 0 Å². The van der Waals surface area contributed by atoms with Gasteiger partial charge in [-0.15, -0.1) is 0 Å². The maximum absolute atomic E-state index is 6.06. The van der Waals surface area contributed by atoms with Crippen LogP contribution < -0.4 is 10.2 Å². The van der Waals surface area contributed by atoms with Crippen molar-refractivity contribution in [2.45, 2.75) is 38.5 Å². The molecule has 0 atom stereocenters. The first-order valence-electron chi connectivity index (χ1n) is 32.2. The summed E-state index contributed by atoms with van der Waals surface area (Å²) in [7, 11) is 0. The molecule has 93 heavy (non-hydrogen) atoms. The van der Waals surface area contributed by atoms with E-state index >= 15 is 0 Å². The number of rotatable bonds is 7. The zero-order valence-electron chi connectivity index (χ0n) is 52.5. The Bertz CT molecular complexity index is 5530. The molecule has 2 aliphatic rings. The average Bonchev–Trinajstić information content (AvgIpc) is 1.72. The lowest BCUT2D eigenvalue weighted by atomic mass is 9.82. The highest BCUT2D eigenvalue weighted by atomic mass is 35.5. The van der Waals surface area contributed by atoms with Crippen LogP contribution in [0.25, 0.3) is 109 Å². The van der Waals surface area contributed by atoms with E-state index in [1.807, 2.05) is 18.2 Å². The van der Waals surface area contributed by atoms with Crippen molar-refractivity contribution in [1.29, 1.82) is 0 Å². The first-order chi connectivity index (χ1) is 45.5. The van der Waals surface area contributed by atoms with Crippen LogP contribution in [0.15, 0.2) is 328 Å². The molecule has 0 heterocycles. The van der Waals surface area contributed by atoms with Crippen molar-refractivity contribution in [3.63, 3.8) is 0 Å². The number of anilines is 5. The van der Waals surface area contributed by atoms with Crippen LogP contribution >= 0.6 is 11.6 Å². The number of fused-ring (bicyclic) bond motifs is 16. The molecule has 0 aliphatic heterocycles. The van der Waals surface area contributed by atoms with Gasteiger partial charge in [0.25, 0.3) is 0 Å². The standard InChI is InChI=1S/C45H33N.C27H23N.C18H11Cl/c1-45(2)43-15-9-8-14-40(43)42-29-36(24-27-44(42)45)46(34-21-16-31(17-22-34)30-10-4-3-5-11-30)35-23-18-33-20-25-38-37-13-7-6-12-32(37)19-26-39(38)41(33)28-35;1-27(2)25-11-7-6-10-23(25)24-18-22(16-17-26(24)27)28-21-14-12-20(13-15-21)19-8-4-3-5-9-19;19-14-7-10-16-13(11-14)6-9-17-15-4-2-1-3-12(15)5-8-18(16)17/h3-29H,1-2H3;3-18,28H,1-2H3;1-11H. The zero-order valence-corrected chi connectivity index (χ0v) is 53.3. The van der Waals surface area contributed by atoms with E-state index in [0.717, 1.165) is 33.5 Å². The van der Waals surface area contributed by atoms with E-state index < -0.39 is 0 Å². The number of nitrogens with zero attached hydrogens (tertiary/aromatic N) is 1. The van der Waals surface area contributed by atoms with Crippen molar-refractivity contribution in [2.75, 3.05) is 10.2 Å². The maximum Gasteiger partial charge on any atom is 0.0468 e. The summed E-state index contributed by atoms with van der Waals surface area (Å²) in [6.45, 7) is 9.31. The van der Waals surface area contributed by atoms with Crippen LogP contribution in [0.1, 0.15) is 49.9 Å². The fourth-order valence-electron chi connectivity index (χ4n) is 14.8. The molecular formula is C90H67ClN2. The van der Waals surface area contributed by atoms with E-state index in [1.165, 1.54) is 131 Å². The highest BCUT2D eigenvalue weighted by Crippen LogP contribution is 2.52. The molecule has 2 aliphatic carbocycles. The first-order valence-corrected chi connectivity index (χ1v) is 32.6. The molecule has 0 spiro atoms.